The number of piperazine rings is 1. The first-order chi connectivity index (χ1) is 23.1. The van der Waals surface area contributed by atoms with Crippen LogP contribution in [0.25, 0.3) is 11.1 Å². The number of ether oxygens (including phenoxy) is 1. The number of aryl methyl sites for hydroxylation is 1. The second kappa shape index (κ2) is 14.7. The third-order valence-electron chi connectivity index (χ3n) is 8.88. The van der Waals surface area contributed by atoms with Gasteiger partial charge < -0.3 is 20.3 Å². The maximum atomic E-state index is 13.2. The number of hydrogen-bond acceptors (Lipinski definition) is 7. The van der Waals surface area contributed by atoms with E-state index in [1.54, 1.807) is 12.1 Å². The van der Waals surface area contributed by atoms with Crippen LogP contribution in [0.15, 0.2) is 91.0 Å². The number of morpholine rings is 1. The zero-order chi connectivity index (χ0) is 33.7. The van der Waals surface area contributed by atoms with Gasteiger partial charge in [-0.25, -0.2) is 8.42 Å². The number of benzene rings is 4. The molecule has 0 saturated carbocycles. The molecule has 0 aliphatic carbocycles. The van der Waals surface area contributed by atoms with E-state index in [-0.39, 0.29) is 11.8 Å². The van der Waals surface area contributed by atoms with Gasteiger partial charge in [0, 0.05) is 74.0 Å². The Kier molecular flexibility index (Phi) is 10.2. The van der Waals surface area contributed by atoms with Gasteiger partial charge in [0.15, 0.2) is 0 Å². The van der Waals surface area contributed by atoms with Gasteiger partial charge in [-0.15, -0.1) is 0 Å². The number of anilines is 3. The van der Waals surface area contributed by atoms with Gasteiger partial charge in [-0.05, 0) is 89.8 Å². The van der Waals surface area contributed by atoms with Crippen molar-refractivity contribution in [2.24, 2.45) is 0 Å². The number of carbonyl (C=O) groups is 2. The summed E-state index contributed by atoms with van der Waals surface area (Å²) in [6.07, 6.45) is 1.25. The van der Waals surface area contributed by atoms with E-state index in [9.17, 15) is 18.0 Å². The number of nitrogens with one attached hydrogen (secondary N) is 2. The van der Waals surface area contributed by atoms with Crippen LogP contribution in [0.1, 0.15) is 31.8 Å². The zero-order valence-electron chi connectivity index (χ0n) is 27.3. The second-order valence-corrected chi connectivity index (χ2v) is 14.3. The minimum Gasteiger partial charge on any atom is -0.378 e. The zero-order valence-corrected chi connectivity index (χ0v) is 28.1. The predicted molar refractivity (Wildman–Crippen MR) is 190 cm³/mol. The van der Waals surface area contributed by atoms with Gasteiger partial charge in [-0.2, -0.15) is 4.31 Å². The van der Waals surface area contributed by atoms with Crippen LogP contribution < -0.4 is 15.5 Å². The minimum absolute atomic E-state index is 0.188. The molecule has 0 aromatic heterocycles. The molecule has 2 N–H and O–H groups in total. The van der Waals surface area contributed by atoms with E-state index >= 15 is 0 Å². The summed E-state index contributed by atoms with van der Waals surface area (Å²) in [5, 5.41) is 5.97. The molecule has 0 radical (unpaired) electrons. The Morgan fingerprint density at radius 3 is 1.88 bits per heavy atom. The van der Waals surface area contributed by atoms with Crippen LogP contribution in [0.3, 0.4) is 0 Å². The van der Waals surface area contributed by atoms with Crippen LogP contribution in [0.2, 0.25) is 0 Å². The van der Waals surface area contributed by atoms with E-state index in [1.807, 2.05) is 85.8 Å². The van der Waals surface area contributed by atoms with Gasteiger partial charge in [-0.1, -0.05) is 30.3 Å². The van der Waals surface area contributed by atoms with Gasteiger partial charge in [-0.3, -0.25) is 14.5 Å². The molecule has 2 aliphatic heterocycles. The van der Waals surface area contributed by atoms with Crippen molar-refractivity contribution in [2.45, 2.75) is 13.5 Å². The standard InChI is InChI=1S/C37H41N5O5S/c1-27-3-6-31(37(44)39-33-13-15-34(16-14-33)41-21-23-47-24-22-41)25-35(27)29-7-9-30(10-8-29)36(43)38-32-11-4-28(5-12-32)26-40-17-19-42(20-18-40)48(2,45)46/h3-16,25H,17-24,26H2,1-2H3,(H,38,43)(H,39,44). The molecule has 0 atom stereocenters. The van der Waals surface area contributed by atoms with Crippen molar-refractivity contribution in [2.75, 3.05) is 74.3 Å². The fraction of sp³-hybridized carbons (Fsp3) is 0.297. The Morgan fingerprint density at radius 2 is 1.27 bits per heavy atom. The number of carbonyl (C=O) groups excluding carboxylic acids is 2. The van der Waals surface area contributed by atoms with Crippen molar-refractivity contribution < 1.29 is 22.7 Å². The van der Waals surface area contributed by atoms with Gasteiger partial charge in [0.2, 0.25) is 10.0 Å². The average molecular weight is 668 g/mol. The Hall–Kier alpha value is -4.55. The molecule has 0 bridgehead atoms. The molecule has 2 heterocycles. The lowest BCUT2D eigenvalue weighted by Gasteiger charge is -2.33. The third kappa shape index (κ3) is 8.29. The SMILES string of the molecule is Cc1ccc(C(=O)Nc2ccc(N3CCOCC3)cc2)cc1-c1ccc(C(=O)Nc2ccc(CN3CCN(S(C)(=O)=O)CC3)cc2)cc1. The lowest BCUT2D eigenvalue weighted by Crippen LogP contribution is -2.47. The topological polar surface area (TPSA) is 111 Å². The van der Waals surface area contributed by atoms with E-state index < -0.39 is 10.0 Å². The van der Waals surface area contributed by atoms with Gasteiger partial charge in [0.05, 0.1) is 19.5 Å². The first kappa shape index (κ1) is 33.4. The van der Waals surface area contributed by atoms with E-state index in [4.69, 9.17) is 4.74 Å². The highest BCUT2D eigenvalue weighted by atomic mass is 32.2. The maximum Gasteiger partial charge on any atom is 0.255 e. The number of hydrogen-bond donors (Lipinski definition) is 2. The Morgan fingerprint density at radius 1 is 0.708 bits per heavy atom. The molecular formula is C37H41N5O5S. The molecule has 4 aromatic carbocycles. The number of amides is 2. The van der Waals surface area contributed by atoms with E-state index in [2.05, 4.69) is 20.4 Å². The number of nitrogens with zero attached hydrogens (tertiary/aromatic N) is 3. The van der Waals surface area contributed by atoms with Crippen molar-refractivity contribution in [1.29, 1.82) is 0 Å². The maximum absolute atomic E-state index is 13.2. The fourth-order valence-corrected chi connectivity index (χ4v) is 6.86. The third-order valence-corrected chi connectivity index (χ3v) is 10.2. The molecule has 4 aromatic rings. The monoisotopic (exact) mass is 667 g/mol. The quantitative estimate of drug-likeness (QED) is 0.256. The molecule has 6 rings (SSSR count). The van der Waals surface area contributed by atoms with Crippen molar-refractivity contribution >= 4 is 38.9 Å². The average Bonchev–Trinajstić information content (AvgIpc) is 3.10. The van der Waals surface area contributed by atoms with E-state index in [1.165, 1.54) is 10.6 Å². The van der Waals surface area contributed by atoms with Crippen molar-refractivity contribution in [3.63, 3.8) is 0 Å². The van der Waals surface area contributed by atoms with Crippen LogP contribution in [0.4, 0.5) is 17.1 Å². The highest BCUT2D eigenvalue weighted by molar-refractivity contribution is 7.88. The molecule has 2 saturated heterocycles. The molecule has 48 heavy (non-hydrogen) atoms. The molecular weight excluding hydrogens is 627 g/mol. The summed E-state index contributed by atoms with van der Waals surface area (Å²) < 4.78 is 30.5. The molecule has 250 valence electrons. The Bertz CT molecular complexity index is 1850. The highest BCUT2D eigenvalue weighted by Gasteiger charge is 2.23. The van der Waals surface area contributed by atoms with Crippen LogP contribution in [0.5, 0.6) is 0 Å². The first-order valence-electron chi connectivity index (χ1n) is 16.2. The highest BCUT2D eigenvalue weighted by Crippen LogP contribution is 2.27. The molecule has 0 spiro atoms. The van der Waals surface area contributed by atoms with E-state index in [0.29, 0.717) is 43.0 Å². The fourth-order valence-electron chi connectivity index (χ4n) is 6.03. The summed E-state index contributed by atoms with van der Waals surface area (Å²) in [5.41, 5.74) is 7.57. The van der Waals surface area contributed by atoms with Gasteiger partial charge >= 0.3 is 0 Å². The molecule has 2 aliphatic rings. The predicted octanol–water partition coefficient (Wildman–Crippen LogP) is 5.08. The first-order valence-corrected chi connectivity index (χ1v) is 18.0. The number of sulfonamides is 1. The van der Waals surface area contributed by atoms with Crippen molar-refractivity contribution in [3.05, 3.63) is 113 Å². The molecule has 2 amide bonds. The van der Waals surface area contributed by atoms with Gasteiger partial charge in [0.25, 0.3) is 11.8 Å². The molecule has 10 nitrogen and oxygen atoms in total. The van der Waals surface area contributed by atoms with Crippen molar-refractivity contribution in [3.8, 4) is 11.1 Å². The molecule has 11 heteroatoms. The van der Waals surface area contributed by atoms with Crippen LogP contribution in [-0.2, 0) is 21.3 Å². The van der Waals surface area contributed by atoms with Crippen LogP contribution >= 0.6 is 0 Å². The molecule has 2 fully saturated rings. The van der Waals surface area contributed by atoms with Crippen molar-refractivity contribution in [1.82, 2.24) is 9.21 Å². The summed E-state index contributed by atoms with van der Waals surface area (Å²) in [5.74, 6) is -0.400. The van der Waals surface area contributed by atoms with Crippen LogP contribution in [0, 0.1) is 6.92 Å². The summed E-state index contributed by atoms with van der Waals surface area (Å²) in [7, 11) is -3.15. The summed E-state index contributed by atoms with van der Waals surface area (Å²) in [6.45, 7) is 8.24. The summed E-state index contributed by atoms with van der Waals surface area (Å²) >= 11 is 0. The van der Waals surface area contributed by atoms with Gasteiger partial charge in [0.1, 0.15) is 0 Å². The van der Waals surface area contributed by atoms with E-state index in [0.717, 1.165) is 66.5 Å². The largest absolute Gasteiger partial charge is 0.378 e. The number of rotatable bonds is 9. The lowest BCUT2D eigenvalue weighted by atomic mass is 9.97. The second-order valence-electron chi connectivity index (χ2n) is 12.3. The summed E-state index contributed by atoms with van der Waals surface area (Å²) in [4.78, 5) is 30.7. The molecule has 0 unspecified atom stereocenters. The lowest BCUT2D eigenvalue weighted by molar-refractivity contribution is 0.101. The Balaban J connectivity index is 1.04. The Labute approximate surface area is 282 Å². The smallest absolute Gasteiger partial charge is 0.255 e. The minimum atomic E-state index is -3.15. The summed E-state index contributed by atoms with van der Waals surface area (Å²) in [6, 6.07) is 28.6. The van der Waals surface area contributed by atoms with Crippen LogP contribution in [-0.4, -0.2) is 88.2 Å². The normalized spacial score (nSPS) is 16.0.